The van der Waals surface area contributed by atoms with E-state index in [1.807, 2.05) is 57.2 Å². The Morgan fingerprint density at radius 2 is 1.81 bits per heavy atom. The number of hydrogen-bond donors (Lipinski definition) is 2. The highest BCUT2D eigenvalue weighted by Gasteiger charge is 2.53. The number of fused-ring (bicyclic) bond motifs is 1. The predicted molar refractivity (Wildman–Crippen MR) is 180 cm³/mol. The first-order valence-corrected chi connectivity index (χ1v) is 17.6. The van der Waals surface area contributed by atoms with E-state index in [1.165, 1.54) is 6.07 Å². The second-order valence-corrected chi connectivity index (χ2v) is 15.6. The fraction of sp³-hybridized carbons (Fsp3) is 0.400. The summed E-state index contributed by atoms with van der Waals surface area (Å²) in [5, 5.41) is 6.81. The average Bonchev–Trinajstić information content (AvgIpc) is 3.79. The number of hydrogen-bond acceptors (Lipinski definition) is 9. The van der Waals surface area contributed by atoms with Gasteiger partial charge in [-0.05, 0) is 95.0 Å². The molecule has 2 fully saturated rings. The molecule has 2 aliphatic rings. The van der Waals surface area contributed by atoms with Crippen LogP contribution in [-0.4, -0.2) is 66.4 Å². The number of sulfone groups is 1. The van der Waals surface area contributed by atoms with Crippen LogP contribution in [-0.2, 0) is 21.1 Å². The number of alkyl carbamates (subject to hydrolysis) is 1. The van der Waals surface area contributed by atoms with Gasteiger partial charge in [0.2, 0.25) is 0 Å². The standard InChI is InChI=1S/C35H40N6O5S/c1-22-9-10-23(17-29(22)47(5,44)45)32(42)37-20-25-18-28-24(19-36-25)11-12-27(38-28)26-7-6-8-31(39-26)41-16-13-30(35(21-41)14-15-35)40-33(43)46-34(2,3)4/h6-12,17-19,30H,13-16,20-21H2,1-5H3,(H,37,42)(H,40,43). The number of anilines is 1. The van der Waals surface area contributed by atoms with Gasteiger partial charge >= 0.3 is 6.09 Å². The van der Waals surface area contributed by atoms with Crippen LogP contribution in [0.15, 0.2) is 65.7 Å². The average molecular weight is 657 g/mol. The molecule has 0 radical (unpaired) electrons. The van der Waals surface area contributed by atoms with Gasteiger partial charge in [-0.2, -0.15) is 0 Å². The van der Waals surface area contributed by atoms with Crippen LogP contribution in [0.1, 0.15) is 61.6 Å². The molecule has 1 aromatic carbocycles. The molecule has 1 spiro atoms. The molecule has 4 aromatic rings. The van der Waals surface area contributed by atoms with Crippen molar-refractivity contribution in [2.45, 2.75) is 70.0 Å². The molecule has 1 unspecified atom stereocenters. The molecule has 1 aliphatic carbocycles. The van der Waals surface area contributed by atoms with Crippen molar-refractivity contribution in [2.24, 2.45) is 5.41 Å². The Morgan fingerprint density at radius 1 is 1.04 bits per heavy atom. The first-order valence-electron chi connectivity index (χ1n) is 15.8. The molecule has 2 amide bonds. The summed E-state index contributed by atoms with van der Waals surface area (Å²) in [6, 6.07) is 16.4. The number of aryl methyl sites for hydroxylation is 1. The molecule has 6 rings (SSSR count). The molecule has 4 heterocycles. The minimum absolute atomic E-state index is 0.0301. The second-order valence-electron chi connectivity index (χ2n) is 13.7. The lowest BCUT2D eigenvalue weighted by molar-refractivity contribution is 0.0469. The van der Waals surface area contributed by atoms with Gasteiger partial charge in [0.15, 0.2) is 9.84 Å². The summed E-state index contributed by atoms with van der Waals surface area (Å²) in [4.78, 5) is 42.1. The van der Waals surface area contributed by atoms with Gasteiger partial charge in [0.05, 0.1) is 34.0 Å². The number of benzene rings is 1. The van der Waals surface area contributed by atoms with Crippen LogP contribution in [0.3, 0.4) is 0 Å². The smallest absolute Gasteiger partial charge is 0.407 e. The molecule has 1 saturated carbocycles. The fourth-order valence-corrected chi connectivity index (χ4v) is 7.15. The topological polar surface area (TPSA) is 143 Å². The van der Waals surface area contributed by atoms with E-state index in [0.717, 1.165) is 66.7 Å². The second kappa shape index (κ2) is 12.2. The van der Waals surface area contributed by atoms with E-state index in [9.17, 15) is 18.0 Å². The van der Waals surface area contributed by atoms with Crippen molar-refractivity contribution in [3.05, 3.63) is 77.6 Å². The Kier molecular flexibility index (Phi) is 8.41. The summed E-state index contributed by atoms with van der Waals surface area (Å²) in [5.74, 6) is 0.483. The van der Waals surface area contributed by atoms with Gasteiger partial charge in [0.1, 0.15) is 11.4 Å². The van der Waals surface area contributed by atoms with Gasteiger partial charge < -0.3 is 20.3 Å². The van der Waals surface area contributed by atoms with Crippen molar-refractivity contribution in [1.29, 1.82) is 0 Å². The maximum Gasteiger partial charge on any atom is 0.407 e. The zero-order valence-electron chi connectivity index (χ0n) is 27.3. The van der Waals surface area contributed by atoms with Gasteiger partial charge in [-0.1, -0.05) is 12.1 Å². The molecule has 0 bridgehead atoms. The summed E-state index contributed by atoms with van der Waals surface area (Å²) >= 11 is 0. The minimum atomic E-state index is -3.46. The van der Waals surface area contributed by atoms with E-state index in [0.29, 0.717) is 11.3 Å². The highest BCUT2D eigenvalue weighted by molar-refractivity contribution is 7.90. The van der Waals surface area contributed by atoms with E-state index in [2.05, 4.69) is 20.5 Å². The highest BCUT2D eigenvalue weighted by Crippen LogP contribution is 2.52. The lowest BCUT2D eigenvalue weighted by Crippen LogP contribution is -2.53. The summed E-state index contributed by atoms with van der Waals surface area (Å²) in [7, 11) is -3.46. The lowest BCUT2D eigenvalue weighted by atomic mass is 9.89. The Hall–Kier alpha value is -4.58. The third-order valence-corrected chi connectivity index (χ3v) is 9.99. The molecular formula is C35H40N6O5S. The van der Waals surface area contributed by atoms with Crippen molar-refractivity contribution in [2.75, 3.05) is 24.2 Å². The quantitative estimate of drug-likeness (QED) is 0.274. The van der Waals surface area contributed by atoms with Crippen LogP contribution < -0.4 is 15.5 Å². The number of ether oxygens (including phenoxy) is 1. The van der Waals surface area contributed by atoms with Crippen molar-refractivity contribution in [1.82, 2.24) is 25.6 Å². The summed E-state index contributed by atoms with van der Waals surface area (Å²) in [5.41, 5.74) is 3.14. The van der Waals surface area contributed by atoms with Crippen LogP contribution in [0.4, 0.5) is 10.6 Å². The van der Waals surface area contributed by atoms with E-state index < -0.39 is 21.3 Å². The zero-order chi connectivity index (χ0) is 33.6. The van der Waals surface area contributed by atoms with Crippen molar-refractivity contribution in [3.8, 4) is 11.4 Å². The lowest BCUT2D eigenvalue weighted by Gasteiger charge is -2.40. The van der Waals surface area contributed by atoms with Crippen LogP contribution in [0, 0.1) is 12.3 Å². The molecular weight excluding hydrogens is 616 g/mol. The molecule has 1 saturated heterocycles. The Morgan fingerprint density at radius 3 is 2.53 bits per heavy atom. The summed E-state index contributed by atoms with van der Waals surface area (Å²) in [6.45, 7) is 9.04. The molecule has 3 aromatic heterocycles. The van der Waals surface area contributed by atoms with Gasteiger partial charge in [-0.15, -0.1) is 0 Å². The van der Waals surface area contributed by atoms with Crippen molar-refractivity contribution >= 4 is 38.6 Å². The van der Waals surface area contributed by atoms with E-state index >= 15 is 0 Å². The molecule has 11 nitrogen and oxygen atoms in total. The number of aromatic nitrogens is 3. The summed E-state index contributed by atoms with van der Waals surface area (Å²) < 4.78 is 29.7. The monoisotopic (exact) mass is 656 g/mol. The maximum atomic E-state index is 12.8. The van der Waals surface area contributed by atoms with Crippen molar-refractivity contribution in [3.63, 3.8) is 0 Å². The van der Waals surface area contributed by atoms with Gasteiger partial charge in [0.25, 0.3) is 5.91 Å². The normalized spacial score (nSPS) is 17.4. The Labute approximate surface area is 275 Å². The van der Waals surface area contributed by atoms with Crippen LogP contribution >= 0.6 is 0 Å². The fourth-order valence-electron chi connectivity index (χ4n) is 6.15. The predicted octanol–water partition coefficient (Wildman–Crippen LogP) is 5.22. The van der Waals surface area contributed by atoms with Gasteiger partial charge in [0, 0.05) is 47.9 Å². The van der Waals surface area contributed by atoms with Crippen molar-refractivity contribution < 1.29 is 22.7 Å². The van der Waals surface area contributed by atoms with E-state index in [-0.39, 0.29) is 34.6 Å². The zero-order valence-corrected chi connectivity index (χ0v) is 28.1. The number of pyridine rings is 3. The SMILES string of the molecule is Cc1ccc(C(=O)NCc2cc3nc(-c4cccc(N5CCC(NC(=O)OC(C)(C)C)C6(CC6)C5)n4)ccc3cn2)cc1S(C)(=O)=O. The Balaban J connectivity index is 1.14. The molecule has 2 N–H and O–H groups in total. The van der Waals surface area contributed by atoms with Gasteiger partial charge in [-0.25, -0.2) is 23.2 Å². The number of rotatable bonds is 7. The molecule has 47 heavy (non-hydrogen) atoms. The number of nitrogens with one attached hydrogen (secondary N) is 2. The van der Waals surface area contributed by atoms with Crippen LogP contribution in [0.2, 0.25) is 0 Å². The molecule has 1 aliphatic heterocycles. The number of nitrogens with zero attached hydrogens (tertiary/aromatic N) is 4. The maximum absolute atomic E-state index is 12.8. The largest absolute Gasteiger partial charge is 0.444 e. The molecule has 12 heteroatoms. The van der Waals surface area contributed by atoms with Gasteiger partial charge in [-0.3, -0.25) is 9.78 Å². The third kappa shape index (κ3) is 7.38. The highest BCUT2D eigenvalue weighted by atomic mass is 32.2. The molecule has 1 atom stereocenters. The first kappa shape index (κ1) is 32.4. The number of piperidine rings is 1. The number of carbonyl (C=O) groups excluding carboxylic acids is 2. The molecule has 246 valence electrons. The van der Waals surface area contributed by atoms with E-state index in [1.54, 1.807) is 25.3 Å². The number of carbonyl (C=O) groups is 2. The number of amides is 2. The van der Waals surface area contributed by atoms with E-state index in [4.69, 9.17) is 14.7 Å². The Bertz CT molecular complexity index is 1970. The minimum Gasteiger partial charge on any atom is -0.444 e. The third-order valence-electron chi connectivity index (χ3n) is 8.75. The summed E-state index contributed by atoms with van der Waals surface area (Å²) in [6.07, 6.45) is 5.41. The first-order chi connectivity index (χ1) is 22.2. The van der Waals surface area contributed by atoms with Crippen LogP contribution in [0.25, 0.3) is 22.3 Å². The van der Waals surface area contributed by atoms with Crippen LogP contribution in [0.5, 0.6) is 0 Å².